The number of carboxylic acids is 1. The fourth-order valence-corrected chi connectivity index (χ4v) is 2.69. The van der Waals surface area contributed by atoms with Crippen LogP contribution in [0.4, 0.5) is 4.39 Å². The Labute approximate surface area is 122 Å². The molecule has 1 amide bonds. The predicted molar refractivity (Wildman–Crippen MR) is 75.3 cm³/mol. The minimum Gasteiger partial charge on any atom is -0.480 e. The first kappa shape index (κ1) is 15.4. The molecule has 0 radical (unpaired) electrons. The first-order chi connectivity index (χ1) is 10.0. The third-order valence-corrected chi connectivity index (χ3v) is 3.64. The van der Waals surface area contributed by atoms with Crippen LogP contribution in [0.1, 0.15) is 18.4 Å². The van der Waals surface area contributed by atoms with Crippen molar-refractivity contribution < 1.29 is 19.1 Å². The molecule has 0 aliphatic carbocycles. The minimum absolute atomic E-state index is 0.188. The van der Waals surface area contributed by atoms with E-state index in [-0.39, 0.29) is 30.9 Å². The molecule has 21 heavy (non-hydrogen) atoms. The number of carbonyl (C=O) groups excluding carboxylic acids is 1. The summed E-state index contributed by atoms with van der Waals surface area (Å²) in [5.74, 6) is -1.60. The van der Waals surface area contributed by atoms with Crippen molar-refractivity contribution in [3.05, 3.63) is 35.6 Å². The van der Waals surface area contributed by atoms with Gasteiger partial charge in [0.05, 0.1) is 6.54 Å². The topological polar surface area (TPSA) is 69.6 Å². The summed E-state index contributed by atoms with van der Waals surface area (Å²) in [7, 11) is 0. The van der Waals surface area contributed by atoms with E-state index in [1.807, 2.05) is 11.0 Å². The zero-order chi connectivity index (χ0) is 15.2. The predicted octanol–water partition coefficient (Wildman–Crippen LogP) is 1.03. The zero-order valence-electron chi connectivity index (χ0n) is 11.7. The van der Waals surface area contributed by atoms with Crippen LogP contribution in [0.5, 0.6) is 0 Å². The maximum absolute atomic E-state index is 13.2. The molecule has 1 atom stereocenters. The Kier molecular flexibility index (Phi) is 5.27. The van der Waals surface area contributed by atoms with Gasteiger partial charge in [0, 0.05) is 6.04 Å². The molecule has 0 saturated carbocycles. The van der Waals surface area contributed by atoms with Crippen molar-refractivity contribution >= 4 is 11.9 Å². The number of halogens is 1. The summed E-state index contributed by atoms with van der Waals surface area (Å²) in [5, 5.41) is 10.9. The molecule has 0 bridgehead atoms. The molecule has 2 N–H and O–H groups in total. The molecule has 6 heteroatoms. The van der Waals surface area contributed by atoms with E-state index in [1.54, 1.807) is 6.07 Å². The third-order valence-electron chi connectivity index (χ3n) is 3.64. The molecule has 1 aromatic carbocycles. The van der Waals surface area contributed by atoms with E-state index in [2.05, 4.69) is 5.32 Å². The first-order valence-corrected chi connectivity index (χ1v) is 7.01. The Bertz CT molecular complexity index is 521. The normalized spacial score (nSPS) is 18.6. The molecule has 114 valence electrons. The molecule has 1 aliphatic rings. The minimum atomic E-state index is -1.05. The van der Waals surface area contributed by atoms with Gasteiger partial charge in [-0.2, -0.15) is 0 Å². The molecule has 1 unspecified atom stereocenters. The average molecular weight is 294 g/mol. The van der Waals surface area contributed by atoms with Crippen LogP contribution in [0.15, 0.2) is 24.3 Å². The lowest BCUT2D eigenvalue weighted by Gasteiger charge is -2.23. The van der Waals surface area contributed by atoms with E-state index in [1.165, 1.54) is 12.1 Å². The zero-order valence-corrected chi connectivity index (χ0v) is 11.7. The summed E-state index contributed by atoms with van der Waals surface area (Å²) in [5.41, 5.74) is 0.915. The van der Waals surface area contributed by atoms with Gasteiger partial charge in [0.2, 0.25) is 5.91 Å². The number of aliphatic carboxylic acids is 1. The van der Waals surface area contributed by atoms with Crippen molar-refractivity contribution in [2.45, 2.75) is 25.3 Å². The van der Waals surface area contributed by atoms with E-state index in [0.29, 0.717) is 6.42 Å². The Morgan fingerprint density at radius 3 is 2.95 bits per heavy atom. The van der Waals surface area contributed by atoms with E-state index >= 15 is 0 Å². The number of carboxylic acid groups (broad SMARTS) is 1. The van der Waals surface area contributed by atoms with Crippen molar-refractivity contribution in [3.63, 3.8) is 0 Å². The fraction of sp³-hybridized carbons (Fsp3) is 0.467. The Morgan fingerprint density at radius 1 is 1.43 bits per heavy atom. The Balaban J connectivity index is 1.88. The molecule has 0 aromatic heterocycles. The summed E-state index contributed by atoms with van der Waals surface area (Å²) in [4.78, 5) is 24.1. The third kappa shape index (κ3) is 4.82. The van der Waals surface area contributed by atoms with E-state index in [9.17, 15) is 14.0 Å². The molecule has 1 aliphatic heterocycles. The van der Waals surface area contributed by atoms with Crippen molar-refractivity contribution in [3.8, 4) is 0 Å². The highest BCUT2D eigenvalue weighted by molar-refractivity contribution is 5.82. The van der Waals surface area contributed by atoms with Crippen LogP contribution < -0.4 is 5.32 Å². The molecule has 1 fully saturated rings. The maximum Gasteiger partial charge on any atom is 0.322 e. The van der Waals surface area contributed by atoms with Crippen molar-refractivity contribution in [2.24, 2.45) is 0 Å². The summed E-state index contributed by atoms with van der Waals surface area (Å²) in [6, 6.07) is 6.69. The summed E-state index contributed by atoms with van der Waals surface area (Å²) >= 11 is 0. The van der Waals surface area contributed by atoms with Gasteiger partial charge in [-0.25, -0.2) is 4.39 Å². The highest BCUT2D eigenvalue weighted by atomic mass is 19.1. The van der Waals surface area contributed by atoms with Crippen LogP contribution in [-0.4, -0.2) is 47.6 Å². The highest BCUT2D eigenvalue weighted by Gasteiger charge is 2.26. The van der Waals surface area contributed by atoms with E-state index in [0.717, 1.165) is 24.9 Å². The first-order valence-electron chi connectivity index (χ1n) is 7.01. The van der Waals surface area contributed by atoms with Gasteiger partial charge >= 0.3 is 5.97 Å². The van der Waals surface area contributed by atoms with Crippen LogP contribution in [-0.2, 0) is 16.0 Å². The maximum atomic E-state index is 13.2. The number of likely N-dealkylation sites (tertiary alicyclic amines) is 1. The van der Waals surface area contributed by atoms with Gasteiger partial charge < -0.3 is 10.4 Å². The second-order valence-corrected chi connectivity index (χ2v) is 5.27. The van der Waals surface area contributed by atoms with Gasteiger partial charge in [-0.15, -0.1) is 0 Å². The van der Waals surface area contributed by atoms with Crippen LogP contribution >= 0.6 is 0 Å². The summed E-state index contributed by atoms with van der Waals surface area (Å²) in [6.45, 7) is 0.634. The van der Waals surface area contributed by atoms with Crippen molar-refractivity contribution in [1.29, 1.82) is 0 Å². The molecule has 1 aromatic rings. The van der Waals surface area contributed by atoms with Crippen molar-refractivity contribution in [2.75, 3.05) is 19.6 Å². The molecule has 0 spiro atoms. The van der Waals surface area contributed by atoms with Gasteiger partial charge in [0.15, 0.2) is 0 Å². The standard InChI is InChI=1S/C15H19FN2O3/c16-12-4-1-3-11(7-12)8-13-5-2-6-18(13)10-14(19)17-9-15(20)21/h1,3-4,7,13H,2,5-6,8-10H2,(H,17,19)(H,20,21). The van der Waals surface area contributed by atoms with Gasteiger partial charge in [-0.3, -0.25) is 14.5 Å². The number of carbonyl (C=O) groups is 2. The SMILES string of the molecule is O=C(O)CNC(=O)CN1CCCC1Cc1cccc(F)c1. The second-order valence-electron chi connectivity index (χ2n) is 5.27. The molecule has 1 heterocycles. The number of benzene rings is 1. The number of amides is 1. The molecular formula is C15H19FN2O3. The molecule has 2 rings (SSSR count). The highest BCUT2D eigenvalue weighted by Crippen LogP contribution is 2.21. The number of hydrogen-bond acceptors (Lipinski definition) is 3. The Morgan fingerprint density at radius 2 is 2.24 bits per heavy atom. The van der Waals surface area contributed by atoms with Crippen molar-refractivity contribution in [1.82, 2.24) is 10.2 Å². The molecular weight excluding hydrogens is 275 g/mol. The lowest BCUT2D eigenvalue weighted by molar-refractivity contribution is -0.138. The lowest BCUT2D eigenvalue weighted by Crippen LogP contribution is -2.42. The van der Waals surface area contributed by atoms with Gasteiger partial charge in [0.25, 0.3) is 0 Å². The summed E-state index contributed by atoms with van der Waals surface area (Å²) < 4.78 is 13.2. The molecule has 1 saturated heterocycles. The second kappa shape index (κ2) is 7.17. The summed E-state index contributed by atoms with van der Waals surface area (Å²) in [6.07, 6.45) is 2.65. The number of hydrogen-bond donors (Lipinski definition) is 2. The van der Waals surface area contributed by atoms with Gasteiger partial charge in [-0.05, 0) is 43.5 Å². The largest absolute Gasteiger partial charge is 0.480 e. The number of nitrogens with one attached hydrogen (secondary N) is 1. The smallest absolute Gasteiger partial charge is 0.322 e. The lowest BCUT2D eigenvalue weighted by atomic mass is 10.0. The van der Waals surface area contributed by atoms with Crippen LogP contribution in [0, 0.1) is 5.82 Å². The fourth-order valence-electron chi connectivity index (χ4n) is 2.69. The average Bonchev–Trinajstić information content (AvgIpc) is 2.84. The van der Waals surface area contributed by atoms with Crippen LogP contribution in [0.25, 0.3) is 0 Å². The number of nitrogens with zero attached hydrogens (tertiary/aromatic N) is 1. The monoisotopic (exact) mass is 294 g/mol. The van der Waals surface area contributed by atoms with Crippen LogP contribution in [0.3, 0.4) is 0 Å². The number of rotatable bonds is 6. The van der Waals surface area contributed by atoms with Gasteiger partial charge in [0.1, 0.15) is 12.4 Å². The molecule has 5 nitrogen and oxygen atoms in total. The van der Waals surface area contributed by atoms with Crippen LogP contribution in [0.2, 0.25) is 0 Å². The van der Waals surface area contributed by atoms with Gasteiger partial charge in [-0.1, -0.05) is 12.1 Å². The Hall–Kier alpha value is -1.95. The quantitative estimate of drug-likeness (QED) is 0.822. The van der Waals surface area contributed by atoms with E-state index < -0.39 is 5.97 Å². The van der Waals surface area contributed by atoms with E-state index in [4.69, 9.17) is 5.11 Å².